The van der Waals surface area contributed by atoms with Crippen LogP contribution in [0.3, 0.4) is 0 Å². The van der Waals surface area contributed by atoms with E-state index in [0.717, 1.165) is 5.92 Å². The second-order valence-electron chi connectivity index (χ2n) is 4.86. The highest BCUT2D eigenvalue weighted by Crippen LogP contribution is 2.36. The Morgan fingerprint density at radius 3 is 2.62 bits per heavy atom. The van der Waals surface area contributed by atoms with E-state index in [1.807, 2.05) is 11.7 Å². The fourth-order valence-corrected chi connectivity index (χ4v) is 2.23. The Balaban J connectivity index is 2.05. The van der Waals surface area contributed by atoms with Gasteiger partial charge in [0.05, 0.1) is 5.69 Å². The molecule has 0 aromatic carbocycles. The number of hydrogen-bond acceptors (Lipinski definition) is 2. The van der Waals surface area contributed by atoms with Crippen LogP contribution in [0, 0.1) is 0 Å². The summed E-state index contributed by atoms with van der Waals surface area (Å²) >= 11 is 0. The third-order valence-electron chi connectivity index (χ3n) is 3.76. The van der Waals surface area contributed by atoms with E-state index in [1.165, 1.54) is 43.6 Å². The van der Waals surface area contributed by atoms with Gasteiger partial charge in [-0.05, 0) is 25.7 Å². The summed E-state index contributed by atoms with van der Waals surface area (Å²) in [5.74, 6) is 1.90. The summed E-state index contributed by atoms with van der Waals surface area (Å²) in [5, 5.41) is 8.18. The Labute approximate surface area is 98.2 Å². The maximum Gasteiger partial charge on any atom is 0.124 e. The predicted octanol–water partition coefficient (Wildman–Crippen LogP) is 3.29. The van der Waals surface area contributed by atoms with E-state index in [4.69, 9.17) is 0 Å². The summed E-state index contributed by atoms with van der Waals surface area (Å²) in [6, 6.07) is 2.81. The third-order valence-corrected chi connectivity index (χ3v) is 3.76. The van der Waals surface area contributed by atoms with Gasteiger partial charge in [0.15, 0.2) is 0 Å². The average Bonchev–Trinajstić information content (AvgIpc) is 2.53. The van der Waals surface area contributed by atoms with Crippen LogP contribution in [-0.4, -0.2) is 15.8 Å². The standard InChI is InChI=1S/C13H23N3/c1-4-11(5-2)14-13-9-12(15-16(13)3)10-7-6-8-10/h9-11,14H,4-8H2,1-3H3. The van der Waals surface area contributed by atoms with E-state index >= 15 is 0 Å². The van der Waals surface area contributed by atoms with Gasteiger partial charge in [-0.1, -0.05) is 20.3 Å². The number of anilines is 1. The molecule has 1 aliphatic carbocycles. The summed E-state index contributed by atoms with van der Waals surface area (Å²) < 4.78 is 1.99. The van der Waals surface area contributed by atoms with E-state index in [1.54, 1.807) is 0 Å². The molecule has 3 nitrogen and oxygen atoms in total. The fourth-order valence-electron chi connectivity index (χ4n) is 2.23. The Hall–Kier alpha value is -0.990. The zero-order valence-corrected chi connectivity index (χ0v) is 10.7. The highest BCUT2D eigenvalue weighted by Gasteiger charge is 2.23. The first-order valence-corrected chi connectivity index (χ1v) is 6.55. The lowest BCUT2D eigenvalue weighted by molar-refractivity contribution is 0.408. The van der Waals surface area contributed by atoms with Gasteiger partial charge in [0, 0.05) is 25.1 Å². The molecule has 1 fully saturated rings. The molecule has 3 heteroatoms. The molecule has 1 saturated carbocycles. The van der Waals surface area contributed by atoms with E-state index in [-0.39, 0.29) is 0 Å². The first-order chi connectivity index (χ1) is 7.74. The van der Waals surface area contributed by atoms with Crippen molar-refractivity contribution < 1.29 is 0 Å². The minimum atomic E-state index is 0.574. The van der Waals surface area contributed by atoms with Crippen LogP contribution in [0.4, 0.5) is 5.82 Å². The number of nitrogens with zero attached hydrogens (tertiary/aromatic N) is 2. The predicted molar refractivity (Wildman–Crippen MR) is 67.8 cm³/mol. The molecule has 0 atom stereocenters. The minimum Gasteiger partial charge on any atom is -0.368 e. The van der Waals surface area contributed by atoms with Gasteiger partial charge in [-0.2, -0.15) is 5.10 Å². The van der Waals surface area contributed by atoms with Gasteiger partial charge >= 0.3 is 0 Å². The van der Waals surface area contributed by atoms with E-state index < -0.39 is 0 Å². The van der Waals surface area contributed by atoms with Crippen molar-refractivity contribution in [1.29, 1.82) is 0 Å². The topological polar surface area (TPSA) is 29.9 Å². The first-order valence-electron chi connectivity index (χ1n) is 6.55. The molecule has 1 aliphatic rings. The Morgan fingerprint density at radius 1 is 1.44 bits per heavy atom. The van der Waals surface area contributed by atoms with Gasteiger partial charge in [-0.25, -0.2) is 0 Å². The van der Waals surface area contributed by atoms with Gasteiger partial charge < -0.3 is 5.32 Å². The van der Waals surface area contributed by atoms with Crippen molar-refractivity contribution in [3.8, 4) is 0 Å². The van der Waals surface area contributed by atoms with Crippen molar-refractivity contribution in [2.24, 2.45) is 7.05 Å². The Kier molecular flexibility index (Phi) is 3.52. The van der Waals surface area contributed by atoms with Crippen molar-refractivity contribution in [1.82, 2.24) is 9.78 Å². The van der Waals surface area contributed by atoms with Crippen LogP contribution in [-0.2, 0) is 7.05 Å². The van der Waals surface area contributed by atoms with Crippen LogP contribution in [0.1, 0.15) is 57.6 Å². The summed E-state index contributed by atoms with van der Waals surface area (Å²) in [7, 11) is 2.03. The van der Waals surface area contributed by atoms with E-state index in [0.29, 0.717) is 6.04 Å². The smallest absolute Gasteiger partial charge is 0.124 e. The molecule has 0 bridgehead atoms. The van der Waals surface area contributed by atoms with Gasteiger partial charge in [-0.3, -0.25) is 4.68 Å². The van der Waals surface area contributed by atoms with Crippen LogP contribution >= 0.6 is 0 Å². The number of aromatic nitrogens is 2. The highest BCUT2D eigenvalue weighted by molar-refractivity contribution is 5.39. The molecule has 16 heavy (non-hydrogen) atoms. The largest absolute Gasteiger partial charge is 0.368 e. The molecular formula is C13H23N3. The monoisotopic (exact) mass is 221 g/mol. The van der Waals surface area contributed by atoms with Crippen LogP contribution in [0.25, 0.3) is 0 Å². The third kappa shape index (κ3) is 2.23. The SMILES string of the molecule is CCC(CC)Nc1cc(C2CCC2)nn1C. The van der Waals surface area contributed by atoms with E-state index in [9.17, 15) is 0 Å². The van der Waals surface area contributed by atoms with Crippen molar-refractivity contribution in [2.75, 3.05) is 5.32 Å². The van der Waals surface area contributed by atoms with Crippen molar-refractivity contribution >= 4 is 5.82 Å². The lowest BCUT2D eigenvalue weighted by Crippen LogP contribution is -2.18. The highest BCUT2D eigenvalue weighted by atomic mass is 15.3. The van der Waals surface area contributed by atoms with Crippen LogP contribution in [0.2, 0.25) is 0 Å². The molecule has 1 aromatic heterocycles. The molecule has 0 aliphatic heterocycles. The van der Waals surface area contributed by atoms with Crippen LogP contribution in [0.5, 0.6) is 0 Å². The molecule has 2 rings (SSSR count). The van der Waals surface area contributed by atoms with Crippen LogP contribution < -0.4 is 5.32 Å². The molecule has 0 amide bonds. The summed E-state index contributed by atoms with van der Waals surface area (Å²) in [6.07, 6.45) is 6.35. The summed E-state index contributed by atoms with van der Waals surface area (Å²) in [4.78, 5) is 0. The molecule has 1 heterocycles. The fraction of sp³-hybridized carbons (Fsp3) is 0.769. The molecule has 0 unspecified atom stereocenters. The maximum absolute atomic E-state index is 4.61. The lowest BCUT2D eigenvalue weighted by Gasteiger charge is -2.22. The summed E-state index contributed by atoms with van der Waals surface area (Å²) in [6.45, 7) is 4.45. The molecule has 1 aromatic rings. The molecule has 90 valence electrons. The quantitative estimate of drug-likeness (QED) is 0.827. The Bertz CT molecular complexity index is 335. The molecule has 1 N–H and O–H groups in total. The van der Waals surface area contributed by atoms with Gasteiger partial charge in [0.2, 0.25) is 0 Å². The van der Waals surface area contributed by atoms with Crippen LogP contribution in [0.15, 0.2) is 6.07 Å². The molecule has 0 spiro atoms. The molecule has 0 radical (unpaired) electrons. The number of rotatable bonds is 5. The molecule has 0 saturated heterocycles. The second kappa shape index (κ2) is 4.89. The Morgan fingerprint density at radius 2 is 2.12 bits per heavy atom. The number of hydrogen-bond donors (Lipinski definition) is 1. The number of nitrogens with one attached hydrogen (secondary N) is 1. The van der Waals surface area contributed by atoms with E-state index in [2.05, 4.69) is 30.3 Å². The summed E-state index contributed by atoms with van der Waals surface area (Å²) in [5.41, 5.74) is 1.28. The lowest BCUT2D eigenvalue weighted by atomic mass is 9.83. The first kappa shape index (κ1) is 11.5. The zero-order chi connectivity index (χ0) is 11.5. The molecular weight excluding hydrogens is 198 g/mol. The van der Waals surface area contributed by atoms with Gasteiger partial charge in [0.25, 0.3) is 0 Å². The van der Waals surface area contributed by atoms with Crippen molar-refractivity contribution in [3.05, 3.63) is 11.8 Å². The van der Waals surface area contributed by atoms with Gasteiger partial charge in [0.1, 0.15) is 5.82 Å². The maximum atomic E-state index is 4.61. The van der Waals surface area contributed by atoms with Gasteiger partial charge in [-0.15, -0.1) is 0 Å². The zero-order valence-electron chi connectivity index (χ0n) is 10.7. The normalized spacial score (nSPS) is 16.5. The second-order valence-corrected chi connectivity index (χ2v) is 4.86. The average molecular weight is 221 g/mol. The van der Waals surface area contributed by atoms with Crippen molar-refractivity contribution in [2.45, 2.75) is 57.9 Å². The van der Waals surface area contributed by atoms with Crippen molar-refractivity contribution in [3.63, 3.8) is 0 Å². The number of aryl methyl sites for hydroxylation is 1. The minimum absolute atomic E-state index is 0.574.